The summed E-state index contributed by atoms with van der Waals surface area (Å²) >= 11 is 0. The van der Waals surface area contributed by atoms with E-state index in [2.05, 4.69) is 15.5 Å². The second-order valence-electron chi connectivity index (χ2n) is 5.78. The molecule has 7 heteroatoms. The molecule has 0 unspecified atom stereocenters. The molecule has 1 aliphatic carbocycles. The molecule has 21 heavy (non-hydrogen) atoms. The van der Waals surface area contributed by atoms with Crippen LogP contribution in [0.4, 0.5) is 0 Å². The highest BCUT2D eigenvalue weighted by Crippen LogP contribution is 2.43. The maximum Gasteiger partial charge on any atom is 0.303 e. The van der Waals surface area contributed by atoms with E-state index in [4.69, 9.17) is 9.63 Å². The number of carbonyl (C=O) groups excluding carboxylic acids is 1. The van der Waals surface area contributed by atoms with E-state index < -0.39 is 5.97 Å². The highest BCUT2D eigenvalue weighted by Gasteiger charge is 2.37. The monoisotopic (exact) mass is 295 g/mol. The molecule has 0 bridgehead atoms. The quantitative estimate of drug-likeness (QED) is 0.789. The maximum atomic E-state index is 12.0. The van der Waals surface area contributed by atoms with Gasteiger partial charge in [0.2, 0.25) is 11.8 Å². The average molecular weight is 295 g/mol. The van der Waals surface area contributed by atoms with E-state index in [0.29, 0.717) is 24.7 Å². The Morgan fingerprint density at radius 1 is 1.33 bits per heavy atom. The third-order valence-corrected chi connectivity index (χ3v) is 3.97. The Morgan fingerprint density at radius 3 is 2.62 bits per heavy atom. The Kier molecular flexibility index (Phi) is 4.93. The highest BCUT2D eigenvalue weighted by atomic mass is 16.5. The third-order valence-electron chi connectivity index (χ3n) is 3.97. The number of hydrogen-bond donors (Lipinski definition) is 2. The number of carboxylic acid groups (broad SMARTS) is 1. The summed E-state index contributed by atoms with van der Waals surface area (Å²) < 4.78 is 4.85. The molecule has 1 aliphatic rings. The molecule has 1 saturated carbocycles. The first-order valence-corrected chi connectivity index (χ1v) is 7.27. The summed E-state index contributed by atoms with van der Waals surface area (Å²) in [5, 5.41) is 15.6. The molecule has 1 aromatic rings. The average Bonchev–Trinajstić information content (AvgIpc) is 2.98. The van der Waals surface area contributed by atoms with Crippen LogP contribution in [0.15, 0.2) is 4.52 Å². The molecule has 0 aliphatic heterocycles. The predicted molar refractivity (Wildman–Crippen MR) is 73.5 cm³/mol. The Hall–Kier alpha value is -1.92. The van der Waals surface area contributed by atoms with Crippen LogP contribution >= 0.6 is 0 Å². The molecule has 0 radical (unpaired) electrons. The lowest BCUT2D eigenvalue weighted by Gasteiger charge is -2.26. The Balaban J connectivity index is 1.78. The summed E-state index contributed by atoms with van der Waals surface area (Å²) in [6.07, 6.45) is 4.50. The zero-order chi connectivity index (χ0) is 15.3. The van der Waals surface area contributed by atoms with Crippen LogP contribution in [-0.2, 0) is 16.0 Å². The SMILES string of the molecule is Cc1nc(CCNC(=O)CC2(CC(=O)O)CCCC2)no1. The standard InChI is InChI=1S/C14H21N3O4/c1-10-16-11(17-21-10)4-7-15-12(18)8-14(9-13(19)20)5-2-3-6-14/h2-9H2,1H3,(H,15,18)(H,19,20). The van der Waals surface area contributed by atoms with Crippen LogP contribution in [-0.4, -0.2) is 33.7 Å². The number of aromatic nitrogens is 2. The molecular weight excluding hydrogens is 274 g/mol. The first kappa shape index (κ1) is 15.5. The molecule has 2 N–H and O–H groups in total. The van der Waals surface area contributed by atoms with Crippen molar-refractivity contribution in [3.8, 4) is 0 Å². The smallest absolute Gasteiger partial charge is 0.303 e. The van der Waals surface area contributed by atoms with Gasteiger partial charge in [0.05, 0.1) is 6.42 Å². The van der Waals surface area contributed by atoms with E-state index in [-0.39, 0.29) is 24.2 Å². The van der Waals surface area contributed by atoms with Crippen LogP contribution in [0.5, 0.6) is 0 Å². The van der Waals surface area contributed by atoms with Crippen molar-refractivity contribution < 1.29 is 19.2 Å². The van der Waals surface area contributed by atoms with Gasteiger partial charge in [0, 0.05) is 26.3 Å². The van der Waals surface area contributed by atoms with Crippen LogP contribution in [0.3, 0.4) is 0 Å². The number of carbonyl (C=O) groups is 2. The van der Waals surface area contributed by atoms with E-state index in [1.54, 1.807) is 6.92 Å². The van der Waals surface area contributed by atoms with Gasteiger partial charge in [-0.3, -0.25) is 9.59 Å². The van der Waals surface area contributed by atoms with Gasteiger partial charge in [-0.1, -0.05) is 18.0 Å². The summed E-state index contributed by atoms with van der Waals surface area (Å²) in [7, 11) is 0. The van der Waals surface area contributed by atoms with E-state index in [1.807, 2.05) is 0 Å². The highest BCUT2D eigenvalue weighted by molar-refractivity contribution is 5.78. The number of nitrogens with one attached hydrogen (secondary N) is 1. The van der Waals surface area contributed by atoms with Crippen LogP contribution in [0.1, 0.15) is 50.2 Å². The molecule has 7 nitrogen and oxygen atoms in total. The molecular formula is C14H21N3O4. The first-order chi connectivity index (χ1) is 9.99. The number of aliphatic carboxylic acids is 1. The van der Waals surface area contributed by atoms with Crippen molar-refractivity contribution in [1.82, 2.24) is 15.5 Å². The van der Waals surface area contributed by atoms with Gasteiger partial charge >= 0.3 is 5.97 Å². The normalized spacial score (nSPS) is 16.8. The molecule has 116 valence electrons. The van der Waals surface area contributed by atoms with Crippen LogP contribution in [0.2, 0.25) is 0 Å². The fourth-order valence-electron chi connectivity index (χ4n) is 3.02. The van der Waals surface area contributed by atoms with E-state index >= 15 is 0 Å². The molecule has 1 heterocycles. The number of aryl methyl sites for hydroxylation is 1. The molecule has 0 saturated heterocycles. The summed E-state index contributed by atoms with van der Waals surface area (Å²) in [5.74, 6) is 0.141. The number of carboxylic acids is 1. The summed E-state index contributed by atoms with van der Waals surface area (Å²) in [5.41, 5.74) is -0.362. The zero-order valence-electron chi connectivity index (χ0n) is 12.2. The fourth-order valence-corrected chi connectivity index (χ4v) is 3.02. The van der Waals surface area contributed by atoms with E-state index in [1.165, 1.54) is 0 Å². The molecule has 0 spiro atoms. The lowest BCUT2D eigenvalue weighted by Crippen LogP contribution is -2.33. The molecule has 1 aromatic heterocycles. The molecule has 2 rings (SSSR count). The molecule has 1 fully saturated rings. The van der Waals surface area contributed by atoms with E-state index in [9.17, 15) is 9.59 Å². The second kappa shape index (κ2) is 6.69. The van der Waals surface area contributed by atoms with Gasteiger partial charge in [-0.05, 0) is 18.3 Å². The van der Waals surface area contributed by atoms with E-state index in [0.717, 1.165) is 25.7 Å². The fraction of sp³-hybridized carbons (Fsp3) is 0.714. The van der Waals surface area contributed by atoms with Gasteiger partial charge in [-0.15, -0.1) is 0 Å². The predicted octanol–water partition coefficient (Wildman–Crippen LogP) is 1.46. The van der Waals surface area contributed by atoms with Gasteiger partial charge in [0.25, 0.3) is 0 Å². The van der Waals surface area contributed by atoms with Crippen molar-refractivity contribution in [3.63, 3.8) is 0 Å². The summed E-state index contributed by atoms with van der Waals surface area (Å²) in [6.45, 7) is 2.14. The third kappa shape index (κ3) is 4.54. The Labute approximate surface area is 123 Å². The van der Waals surface area contributed by atoms with Crippen molar-refractivity contribution in [2.75, 3.05) is 6.54 Å². The van der Waals surface area contributed by atoms with Crippen LogP contribution in [0, 0.1) is 12.3 Å². The summed E-state index contributed by atoms with van der Waals surface area (Å²) in [4.78, 5) is 27.1. The topological polar surface area (TPSA) is 105 Å². The first-order valence-electron chi connectivity index (χ1n) is 7.27. The van der Waals surface area contributed by atoms with Crippen molar-refractivity contribution in [1.29, 1.82) is 0 Å². The van der Waals surface area contributed by atoms with Gasteiger partial charge in [0.1, 0.15) is 0 Å². The van der Waals surface area contributed by atoms with Crippen LogP contribution < -0.4 is 5.32 Å². The molecule has 0 atom stereocenters. The lowest BCUT2D eigenvalue weighted by atomic mass is 9.79. The van der Waals surface area contributed by atoms with Crippen molar-refractivity contribution >= 4 is 11.9 Å². The maximum absolute atomic E-state index is 12.0. The lowest BCUT2D eigenvalue weighted by molar-refractivity contribution is -0.140. The van der Waals surface area contributed by atoms with Crippen molar-refractivity contribution in [2.45, 2.75) is 51.9 Å². The minimum absolute atomic E-state index is 0.0739. The van der Waals surface area contributed by atoms with Gasteiger partial charge < -0.3 is 14.9 Å². The minimum atomic E-state index is -0.827. The van der Waals surface area contributed by atoms with Gasteiger partial charge in [-0.25, -0.2) is 0 Å². The van der Waals surface area contributed by atoms with Crippen molar-refractivity contribution in [2.24, 2.45) is 5.41 Å². The number of hydrogen-bond acceptors (Lipinski definition) is 5. The minimum Gasteiger partial charge on any atom is -0.481 e. The number of amides is 1. The number of nitrogens with zero attached hydrogens (tertiary/aromatic N) is 2. The molecule has 1 amide bonds. The molecule has 0 aromatic carbocycles. The Bertz CT molecular complexity index is 506. The largest absolute Gasteiger partial charge is 0.481 e. The van der Waals surface area contributed by atoms with Gasteiger partial charge in [0.15, 0.2) is 5.82 Å². The number of rotatable bonds is 7. The second-order valence-corrected chi connectivity index (χ2v) is 5.78. The zero-order valence-corrected chi connectivity index (χ0v) is 12.2. The van der Waals surface area contributed by atoms with Gasteiger partial charge in [-0.2, -0.15) is 4.98 Å². The Morgan fingerprint density at radius 2 is 2.05 bits per heavy atom. The summed E-state index contributed by atoms with van der Waals surface area (Å²) in [6, 6.07) is 0. The van der Waals surface area contributed by atoms with Crippen LogP contribution in [0.25, 0.3) is 0 Å². The van der Waals surface area contributed by atoms with Crippen molar-refractivity contribution in [3.05, 3.63) is 11.7 Å².